The Morgan fingerprint density at radius 1 is 0.757 bits per heavy atom. The number of fused-ring (bicyclic) bond motifs is 1. The largest absolute Gasteiger partial charge is 0.508 e. The summed E-state index contributed by atoms with van der Waals surface area (Å²) in [6, 6.07) is 28.1. The van der Waals surface area contributed by atoms with E-state index in [0.717, 1.165) is 45.2 Å². The van der Waals surface area contributed by atoms with E-state index in [2.05, 4.69) is 24.3 Å². The molecule has 37 heavy (non-hydrogen) atoms. The Morgan fingerprint density at radius 3 is 2.11 bits per heavy atom. The second-order valence-corrected chi connectivity index (χ2v) is 11.8. The molecule has 0 atom stereocenters. The van der Waals surface area contributed by atoms with Crippen LogP contribution in [0.2, 0.25) is 0 Å². The molecule has 3 nitrogen and oxygen atoms in total. The summed E-state index contributed by atoms with van der Waals surface area (Å²) in [6.45, 7) is 0.267. The number of esters is 1. The van der Waals surface area contributed by atoms with Crippen molar-refractivity contribution in [2.24, 2.45) is 17.8 Å². The first-order chi connectivity index (χ1) is 18.0. The minimum atomic E-state index is -0.312. The molecule has 4 aromatic rings. The molecule has 4 saturated carbocycles. The lowest BCUT2D eigenvalue weighted by atomic mass is 9.48. The summed E-state index contributed by atoms with van der Waals surface area (Å²) in [5, 5.41) is 13.1. The predicted octanol–water partition coefficient (Wildman–Crippen LogP) is 8.04. The van der Waals surface area contributed by atoms with Gasteiger partial charge in [-0.05, 0) is 119 Å². The molecule has 4 bridgehead atoms. The summed E-state index contributed by atoms with van der Waals surface area (Å²) in [7, 11) is 0. The Kier molecular flexibility index (Phi) is 5.35. The number of phenols is 1. The van der Waals surface area contributed by atoms with Crippen molar-refractivity contribution in [3.63, 3.8) is 0 Å². The molecular weight excluding hydrogens is 456 g/mol. The summed E-state index contributed by atoms with van der Waals surface area (Å²) in [5.74, 6) is 2.66. The van der Waals surface area contributed by atoms with Crippen LogP contribution in [0, 0.1) is 17.8 Å². The zero-order chi connectivity index (χ0) is 25.0. The Hall–Kier alpha value is -3.59. The number of hydrogen-bond donors (Lipinski definition) is 1. The van der Waals surface area contributed by atoms with E-state index in [4.69, 9.17) is 4.74 Å². The van der Waals surface area contributed by atoms with Gasteiger partial charge in [-0.2, -0.15) is 0 Å². The first-order valence-corrected chi connectivity index (χ1v) is 13.6. The maximum Gasteiger partial charge on any atom is 0.338 e. The normalized spacial score (nSPS) is 25.9. The predicted molar refractivity (Wildman–Crippen MR) is 146 cm³/mol. The fraction of sp³-hybridized carbons (Fsp3) is 0.324. The molecule has 3 heteroatoms. The number of hydrogen-bond acceptors (Lipinski definition) is 3. The smallest absolute Gasteiger partial charge is 0.338 e. The summed E-state index contributed by atoms with van der Waals surface area (Å²) in [6.07, 6.45) is 7.88. The maximum absolute atomic E-state index is 12.6. The fourth-order valence-electron chi connectivity index (χ4n) is 7.94. The topological polar surface area (TPSA) is 46.5 Å². The second kappa shape index (κ2) is 8.76. The van der Waals surface area contributed by atoms with Crippen LogP contribution in [0.4, 0.5) is 0 Å². The molecule has 0 aromatic heterocycles. The quantitative estimate of drug-likeness (QED) is 0.289. The minimum Gasteiger partial charge on any atom is -0.508 e. The van der Waals surface area contributed by atoms with Crippen LogP contribution in [0.15, 0.2) is 84.9 Å². The number of benzene rings is 4. The van der Waals surface area contributed by atoms with Crippen molar-refractivity contribution in [2.45, 2.75) is 50.5 Å². The summed E-state index contributed by atoms with van der Waals surface area (Å²) >= 11 is 0. The SMILES string of the molecule is O=C(OCc1ccccc1)c1ccc2cc(-c3ccc(O)c(C45CC6CC(CC(C6)C4)C5)c3)ccc2c1. The standard InChI is InChI=1S/C34H32O3/c35-32-11-10-29(17-31(32)34-18-23-12-24(19-34)14-25(13-23)20-34)27-6-7-28-16-30(9-8-26(28)15-27)33(36)37-21-22-4-2-1-3-5-22/h1-11,15-17,23-25,35H,12-14,18-21H2. The Bertz CT molecular complexity index is 1450. The molecule has 0 spiro atoms. The van der Waals surface area contributed by atoms with E-state index >= 15 is 0 Å². The van der Waals surface area contributed by atoms with E-state index < -0.39 is 0 Å². The molecule has 4 aromatic carbocycles. The zero-order valence-corrected chi connectivity index (χ0v) is 21.0. The molecule has 0 amide bonds. The average molecular weight is 489 g/mol. The van der Waals surface area contributed by atoms with E-state index in [1.165, 1.54) is 44.1 Å². The van der Waals surface area contributed by atoms with Gasteiger partial charge in [0, 0.05) is 5.56 Å². The van der Waals surface area contributed by atoms with Crippen molar-refractivity contribution in [3.8, 4) is 16.9 Å². The number of carbonyl (C=O) groups excluding carboxylic acids is 1. The first-order valence-electron chi connectivity index (χ1n) is 13.6. The van der Waals surface area contributed by atoms with Crippen LogP contribution >= 0.6 is 0 Å². The van der Waals surface area contributed by atoms with Crippen LogP contribution in [0.25, 0.3) is 21.9 Å². The van der Waals surface area contributed by atoms with E-state index in [0.29, 0.717) is 11.3 Å². The molecule has 0 radical (unpaired) electrons. The van der Waals surface area contributed by atoms with Gasteiger partial charge in [-0.15, -0.1) is 0 Å². The highest BCUT2D eigenvalue weighted by Crippen LogP contribution is 2.62. The van der Waals surface area contributed by atoms with Gasteiger partial charge < -0.3 is 9.84 Å². The average Bonchev–Trinajstić information content (AvgIpc) is 2.91. The van der Waals surface area contributed by atoms with Crippen LogP contribution in [-0.2, 0) is 16.8 Å². The lowest BCUT2D eigenvalue weighted by Crippen LogP contribution is -2.48. The zero-order valence-electron chi connectivity index (χ0n) is 21.0. The van der Waals surface area contributed by atoms with Gasteiger partial charge >= 0.3 is 5.97 Å². The van der Waals surface area contributed by atoms with Gasteiger partial charge in [0.2, 0.25) is 0 Å². The molecule has 0 heterocycles. The van der Waals surface area contributed by atoms with Crippen molar-refractivity contribution < 1.29 is 14.6 Å². The number of phenolic OH excluding ortho intramolecular Hbond substituents is 1. The fourth-order valence-corrected chi connectivity index (χ4v) is 7.94. The van der Waals surface area contributed by atoms with Gasteiger partial charge in [0.25, 0.3) is 0 Å². The monoisotopic (exact) mass is 488 g/mol. The lowest BCUT2D eigenvalue weighted by molar-refractivity contribution is -0.00611. The van der Waals surface area contributed by atoms with Crippen molar-refractivity contribution in [1.82, 2.24) is 0 Å². The third-order valence-corrected chi connectivity index (χ3v) is 9.23. The van der Waals surface area contributed by atoms with E-state index in [-0.39, 0.29) is 18.0 Å². The van der Waals surface area contributed by atoms with Crippen LogP contribution in [0.5, 0.6) is 5.75 Å². The summed E-state index contributed by atoms with van der Waals surface area (Å²) < 4.78 is 5.52. The molecule has 1 N–H and O–H groups in total. The maximum atomic E-state index is 12.6. The highest BCUT2D eigenvalue weighted by atomic mass is 16.5. The minimum absolute atomic E-state index is 0.153. The van der Waals surface area contributed by atoms with Gasteiger partial charge in [-0.1, -0.05) is 54.6 Å². The van der Waals surface area contributed by atoms with E-state index in [1.807, 2.05) is 60.7 Å². The Labute approximate surface area is 218 Å². The molecule has 0 unspecified atom stereocenters. The van der Waals surface area contributed by atoms with Gasteiger partial charge in [-0.25, -0.2) is 4.79 Å². The number of aromatic hydroxyl groups is 1. The highest BCUT2D eigenvalue weighted by Gasteiger charge is 2.52. The lowest BCUT2D eigenvalue weighted by Gasteiger charge is -2.57. The van der Waals surface area contributed by atoms with Crippen LogP contribution in [-0.4, -0.2) is 11.1 Å². The van der Waals surface area contributed by atoms with Crippen LogP contribution < -0.4 is 0 Å². The highest BCUT2D eigenvalue weighted by molar-refractivity contribution is 5.96. The molecule has 4 aliphatic rings. The summed E-state index contributed by atoms with van der Waals surface area (Å²) in [5.41, 5.74) is 5.14. The van der Waals surface area contributed by atoms with E-state index in [1.54, 1.807) is 0 Å². The Morgan fingerprint density at radius 2 is 1.38 bits per heavy atom. The molecule has 4 fully saturated rings. The molecule has 186 valence electrons. The number of carbonyl (C=O) groups is 1. The van der Waals surface area contributed by atoms with Crippen LogP contribution in [0.3, 0.4) is 0 Å². The van der Waals surface area contributed by atoms with Gasteiger partial charge in [0.05, 0.1) is 5.56 Å². The van der Waals surface area contributed by atoms with Gasteiger partial charge in [0.15, 0.2) is 0 Å². The van der Waals surface area contributed by atoms with Gasteiger partial charge in [-0.3, -0.25) is 0 Å². The molecule has 0 aliphatic heterocycles. The first kappa shape index (κ1) is 22.6. The van der Waals surface area contributed by atoms with E-state index in [9.17, 15) is 9.90 Å². The molecular formula is C34H32O3. The third-order valence-electron chi connectivity index (χ3n) is 9.23. The summed E-state index contributed by atoms with van der Waals surface area (Å²) in [4.78, 5) is 12.6. The van der Waals surface area contributed by atoms with Crippen LogP contribution in [0.1, 0.15) is 60.0 Å². The third kappa shape index (κ3) is 4.11. The van der Waals surface area contributed by atoms with Crippen molar-refractivity contribution in [1.29, 1.82) is 0 Å². The van der Waals surface area contributed by atoms with Crippen molar-refractivity contribution in [3.05, 3.63) is 102 Å². The number of rotatable bonds is 5. The van der Waals surface area contributed by atoms with Gasteiger partial charge in [0.1, 0.15) is 12.4 Å². The van der Waals surface area contributed by atoms with Crippen molar-refractivity contribution >= 4 is 16.7 Å². The molecule has 4 aliphatic carbocycles. The molecule has 0 saturated heterocycles. The second-order valence-electron chi connectivity index (χ2n) is 11.8. The Balaban J connectivity index is 1.15. The van der Waals surface area contributed by atoms with Crippen molar-refractivity contribution in [2.75, 3.05) is 0 Å². The molecule has 8 rings (SSSR count). The number of ether oxygens (including phenoxy) is 1.